The lowest BCUT2D eigenvalue weighted by Gasteiger charge is -2.11. The number of nitrogens with one attached hydrogen (secondary N) is 1. The molecule has 0 aliphatic heterocycles. The van der Waals surface area contributed by atoms with E-state index in [1.807, 2.05) is 0 Å². The predicted molar refractivity (Wildman–Crippen MR) is 101 cm³/mol. The number of halogens is 1. The highest BCUT2D eigenvalue weighted by atomic mass is 35.5. The maximum atomic E-state index is 12.7. The minimum atomic E-state index is -0.642. The standard InChI is InChI=1S/C20H18ClNO5/c1-13(23)7-10-19(25)27-12-18(24)22-17-9-8-15(21)11-16(17)20(26)14-5-3-2-4-6-14/h2-6,8-9,11H,7,10,12H2,1H3,(H,22,24). The van der Waals surface area contributed by atoms with Crippen molar-refractivity contribution in [2.24, 2.45) is 0 Å². The molecule has 0 radical (unpaired) electrons. The molecule has 2 aromatic rings. The normalized spacial score (nSPS) is 10.1. The molecule has 0 aliphatic carbocycles. The Labute approximate surface area is 161 Å². The second-order valence-corrected chi connectivity index (χ2v) is 6.23. The molecule has 7 heteroatoms. The molecule has 27 heavy (non-hydrogen) atoms. The van der Waals surface area contributed by atoms with Crippen molar-refractivity contribution in [2.75, 3.05) is 11.9 Å². The molecule has 1 N–H and O–H groups in total. The molecule has 0 aliphatic rings. The molecule has 1 amide bonds. The zero-order valence-corrected chi connectivity index (χ0v) is 15.4. The number of ether oxygens (including phenoxy) is 1. The van der Waals surface area contributed by atoms with Gasteiger partial charge in [-0.2, -0.15) is 0 Å². The average molecular weight is 388 g/mol. The minimum absolute atomic E-state index is 0.0629. The Balaban J connectivity index is 2.06. The fraction of sp³-hybridized carbons (Fsp3) is 0.200. The Bertz CT molecular complexity index is 864. The molecule has 0 spiro atoms. The van der Waals surface area contributed by atoms with Gasteiger partial charge in [-0.05, 0) is 25.1 Å². The Kier molecular flexibility index (Phi) is 7.25. The van der Waals surface area contributed by atoms with E-state index in [1.165, 1.54) is 25.1 Å². The zero-order valence-electron chi connectivity index (χ0n) is 14.7. The lowest BCUT2D eigenvalue weighted by molar-refractivity contribution is -0.148. The van der Waals surface area contributed by atoms with Gasteiger partial charge in [0.05, 0.1) is 12.1 Å². The fourth-order valence-electron chi connectivity index (χ4n) is 2.24. The van der Waals surface area contributed by atoms with Crippen molar-refractivity contribution >= 4 is 40.7 Å². The molecule has 0 bridgehead atoms. The van der Waals surface area contributed by atoms with Crippen LogP contribution >= 0.6 is 11.6 Å². The summed E-state index contributed by atoms with van der Waals surface area (Å²) in [6.07, 6.45) is -0.0192. The Morgan fingerprint density at radius 2 is 1.70 bits per heavy atom. The largest absolute Gasteiger partial charge is 0.456 e. The second kappa shape index (κ2) is 9.64. The average Bonchev–Trinajstić information content (AvgIpc) is 2.66. The van der Waals surface area contributed by atoms with E-state index in [0.717, 1.165) is 0 Å². The number of benzene rings is 2. The summed E-state index contributed by atoms with van der Waals surface area (Å²) in [6, 6.07) is 13.1. The number of rotatable bonds is 8. The molecular formula is C20H18ClNO5. The summed E-state index contributed by atoms with van der Waals surface area (Å²) < 4.78 is 4.82. The molecule has 2 aromatic carbocycles. The van der Waals surface area contributed by atoms with Crippen molar-refractivity contribution in [3.63, 3.8) is 0 Å². The second-order valence-electron chi connectivity index (χ2n) is 5.80. The van der Waals surface area contributed by atoms with Crippen LogP contribution in [0, 0.1) is 0 Å². The number of ketones is 2. The van der Waals surface area contributed by atoms with Crippen molar-refractivity contribution in [2.45, 2.75) is 19.8 Å². The Hall–Kier alpha value is -2.99. The van der Waals surface area contributed by atoms with Crippen molar-refractivity contribution in [3.05, 3.63) is 64.7 Å². The summed E-state index contributed by atoms with van der Waals surface area (Å²) in [5.74, 6) is -1.68. The van der Waals surface area contributed by atoms with Crippen LogP contribution in [0.3, 0.4) is 0 Å². The van der Waals surface area contributed by atoms with Gasteiger partial charge in [-0.15, -0.1) is 0 Å². The van der Waals surface area contributed by atoms with E-state index in [9.17, 15) is 19.2 Å². The number of carbonyl (C=O) groups excluding carboxylic acids is 4. The van der Waals surface area contributed by atoms with Crippen LogP contribution in [-0.4, -0.2) is 30.0 Å². The Morgan fingerprint density at radius 1 is 1.00 bits per heavy atom. The van der Waals surface area contributed by atoms with Crippen LogP contribution in [0.2, 0.25) is 5.02 Å². The van der Waals surface area contributed by atoms with Gasteiger partial charge in [-0.3, -0.25) is 14.4 Å². The smallest absolute Gasteiger partial charge is 0.306 e. The van der Waals surface area contributed by atoms with Gasteiger partial charge in [0, 0.05) is 22.6 Å². The molecule has 0 heterocycles. The molecule has 2 rings (SSSR count). The third kappa shape index (κ3) is 6.34. The monoisotopic (exact) mass is 387 g/mol. The highest BCUT2D eigenvalue weighted by molar-refractivity contribution is 6.31. The molecule has 0 unspecified atom stereocenters. The van der Waals surface area contributed by atoms with E-state index < -0.39 is 18.5 Å². The SMILES string of the molecule is CC(=O)CCC(=O)OCC(=O)Nc1ccc(Cl)cc1C(=O)c1ccccc1. The lowest BCUT2D eigenvalue weighted by atomic mass is 10.0. The van der Waals surface area contributed by atoms with E-state index in [1.54, 1.807) is 30.3 Å². The number of amides is 1. The molecule has 0 aromatic heterocycles. The predicted octanol–water partition coefficient (Wildman–Crippen LogP) is 3.42. The van der Waals surface area contributed by atoms with Crippen molar-refractivity contribution in [3.8, 4) is 0 Å². The summed E-state index contributed by atoms with van der Waals surface area (Å²) in [5, 5.41) is 2.90. The molecule has 0 saturated heterocycles. The van der Waals surface area contributed by atoms with Crippen LogP contribution < -0.4 is 5.32 Å². The van der Waals surface area contributed by atoms with E-state index >= 15 is 0 Å². The number of anilines is 1. The van der Waals surface area contributed by atoms with E-state index in [2.05, 4.69) is 5.32 Å². The number of esters is 1. The molecule has 0 atom stereocenters. The van der Waals surface area contributed by atoms with Crippen molar-refractivity contribution < 1.29 is 23.9 Å². The molecule has 0 saturated carbocycles. The van der Waals surface area contributed by atoms with Crippen LogP contribution in [0.25, 0.3) is 0 Å². The maximum absolute atomic E-state index is 12.7. The number of Topliss-reactive ketones (excluding diaryl/α,β-unsaturated/α-hetero) is 1. The van der Waals surface area contributed by atoms with Crippen LogP contribution in [0.1, 0.15) is 35.7 Å². The Morgan fingerprint density at radius 3 is 2.37 bits per heavy atom. The highest BCUT2D eigenvalue weighted by Gasteiger charge is 2.17. The molecule has 0 fully saturated rings. The summed E-state index contributed by atoms with van der Waals surface area (Å²) in [5.41, 5.74) is 0.939. The summed E-state index contributed by atoms with van der Waals surface area (Å²) in [7, 11) is 0. The van der Waals surface area contributed by atoms with Crippen LogP contribution in [0.4, 0.5) is 5.69 Å². The third-order valence-corrected chi connectivity index (χ3v) is 3.82. The van der Waals surface area contributed by atoms with Crippen LogP contribution in [0.5, 0.6) is 0 Å². The van der Waals surface area contributed by atoms with Gasteiger partial charge in [0.1, 0.15) is 5.78 Å². The van der Waals surface area contributed by atoms with E-state index in [0.29, 0.717) is 10.6 Å². The van der Waals surface area contributed by atoms with Gasteiger partial charge < -0.3 is 14.8 Å². The van der Waals surface area contributed by atoms with Gasteiger partial charge in [-0.25, -0.2) is 0 Å². The number of hydrogen-bond donors (Lipinski definition) is 1. The molecular weight excluding hydrogens is 370 g/mol. The highest BCUT2D eigenvalue weighted by Crippen LogP contribution is 2.23. The molecule has 6 nitrogen and oxygen atoms in total. The van der Waals surface area contributed by atoms with E-state index in [4.69, 9.17) is 16.3 Å². The van der Waals surface area contributed by atoms with Gasteiger partial charge in [-0.1, -0.05) is 41.9 Å². The first-order valence-electron chi connectivity index (χ1n) is 8.21. The maximum Gasteiger partial charge on any atom is 0.306 e. The van der Waals surface area contributed by atoms with Gasteiger partial charge >= 0.3 is 5.97 Å². The first-order chi connectivity index (χ1) is 12.9. The number of hydrogen-bond acceptors (Lipinski definition) is 5. The fourth-order valence-corrected chi connectivity index (χ4v) is 2.41. The first kappa shape index (κ1) is 20.3. The zero-order chi connectivity index (χ0) is 19.8. The van der Waals surface area contributed by atoms with Crippen LogP contribution in [-0.2, 0) is 19.1 Å². The molecule has 140 valence electrons. The van der Waals surface area contributed by atoms with Crippen LogP contribution in [0.15, 0.2) is 48.5 Å². The minimum Gasteiger partial charge on any atom is -0.456 e. The topological polar surface area (TPSA) is 89.5 Å². The lowest BCUT2D eigenvalue weighted by Crippen LogP contribution is -2.22. The van der Waals surface area contributed by atoms with Crippen molar-refractivity contribution in [1.29, 1.82) is 0 Å². The van der Waals surface area contributed by atoms with Crippen molar-refractivity contribution in [1.82, 2.24) is 0 Å². The van der Waals surface area contributed by atoms with Gasteiger partial charge in [0.25, 0.3) is 5.91 Å². The number of carbonyl (C=O) groups is 4. The summed E-state index contributed by atoms with van der Waals surface area (Å²) in [4.78, 5) is 47.1. The van der Waals surface area contributed by atoms with E-state index in [-0.39, 0.29) is 35.7 Å². The van der Waals surface area contributed by atoms with Gasteiger partial charge in [0.2, 0.25) is 0 Å². The summed E-state index contributed by atoms with van der Waals surface area (Å²) in [6.45, 7) is 0.851. The summed E-state index contributed by atoms with van der Waals surface area (Å²) >= 11 is 5.99. The quantitative estimate of drug-likeness (QED) is 0.553. The van der Waals surface area contributed by atoms with Gasteiger partial charge in [0.15, 0.2) is 12.4 Å². The first-order valence-corrected chi connectivity index (χ1v) is 8.59. The third-order valence-electron chi connectivity index (χ3n) is 3.58.